The Morgan fingerprint density at radius 1 is 1.17 bits per heavy atom. The van der Waals surface area contributed by atoms with Crippen molar-refractivity contribution in [2.45, 2.75) is 39.4 Å². The lowest BCUT2D eigenvalue weighted by molar-refractivity contribution is -0.209. The Labute approximate surface area is 74.0 Å². The predicted octanol–water partition coefficient (Wildman–Crippen LogP) is 1.75. The SMILES string of the molecule is CCCOC(C)(C=O)OCCC. The highest BCUT2D eigenvalue weighted by atomic mass is 16.7. The molecule has 0 aliphatic heterocycles. The lowest BCUT2D eigenvalue weighted by Gasteiger charge is -2.23. The molecule has 3 nitrogen and oxygen atoms in total. The molecule has 0 radical (unpaired) electrons. The topological polar surface area (TPSA) is 35.5 Å². The third-order valence-corrected chi connectivity index (χ3v) is 1.40. The predicted molar refractivity (Wildman–Crippen MR) is 47.0 cm³/mol. The molecule has 0 saturated carbocycles. The van der Waals surface area contributed by atoms with E-state index in [1.54, 1.807) is 6.92 Å². The Morgan fingerprint density at radius 2 is 1.58 bits per heavy atom. The van der Waals surface area contributed by atoms with Crippen molar-refractivity contribution in [3.05, 3.63) is 0 Å². The summed E-state index contributed by atoms with van der Waals surface area (Å²) in [6.45, 7) is 6.74. The zero-order chi connectivity index (χ0) is 9.45. The number of carbonyl (C=O) groups excluding carboxylic acids is 1. The molecular weight excluding hydrogens is 156 g/mol. The fraction of sp³-hybridized carbons (Fsp3) is 0.889. The molecule has 0 aliphatic rings. The molecule has 0 heterocycles. The first-order chi connectivity index (χ1) is 5.68. The molecule has 12 heavy (non-hydrogen) atoms. The van der Waals surface area contributed by atoms with Gasteiger partial charge in [-0.3, -0.25) is 4.79 Å². The summed E-state index contributed by atoms with van der Waals surface area (Å²) in [6, 6.07) is 0. The van der Waals surface area contributed by atoms with Crippen molar-refractivity contribution in [1.29, 1.82) is 0 Å². The lowest BCUT2D eigenvalue weighted by atomic mass is 10.3. The first kappa shape index (κ1) is 11.6. The molecule has 0 spiro atoms. The third-order valence-electron chi connectivity index (χ3n) is 1.40. The minimum Gasteiger partial charge on any atom is -0.344 e. The normalized spacial score (nSPS) is 11.6. The molecule has 0 amide bonds. The number of hydrogen-bond donors (Lipinski definition) is 0. The molecule has 0 N–H and O–H groups in total. The van der Waals surface area contributed by atoms with Gasteiger partial charge in [0.15, 0.2) is 6.29 Å². The number of ether oxygens (including phenoxy) is 2. The van der Waals surface area contributed by atoms with Crippen LogP contribution in [0.5, 0.6) is 0 Å². The van der Waals surface area contributed by atoms with E-state index in [-0.39, 0.29) is 0 Å². The van der Waals surface area contributed by atoms with E-state index in [0.717, 1.165) is 12.8 Å². The summed E-state index contributed by atoms with van der Waals surface area (Å²) in [6.07, 6.45) is 2.48. The van der Waals surface area contributed by atoms with Crippen molar-refractivity contribution in [1.82, 2.24) is 0 Å². The monoisotopic (exact) mass is 174 g/mol. The minimum atomic E-state index is -1.04. The highest BCUT2D eigenvalue weighted by Gasteiger charge is 2.23. The summed E-state index contributed by atoms with van der Waals surface area (Å²) >= 11 is 0. The molecule has 72 valence electrons. The van der Waals surface area contributed by atoms with E-state index in [4.69, 9.17) is 9.47 Å². The second kappa shape index (κ2) is 6.14. The minimum absolute atomic E-state index is 0.555. The van der Waals surface area contributed by atoms with Crippen LogP contribution in [0.2, 0.25) is 0 Å². The van der Waals surface area contributed by atoms with Crippen LogP contribution in [0.15, 0.2) is 0 Å². The zero-order valence-electron chi connectivity index (χ0n) is 8.13. The summed E-state index contributed by atoms with van der Waals surface area (Å²) in [4.78, 5) is 10.6. The van der Waals surface area contributed by atoms with Gasteiger partial charge >= 0.3 is 0 Å². The van der Waals surface area contributed by atoms with Crippen LogP contribution in [0.1, 0.15) is 33.6 Å². The standard InChI is InChI=1S/C9H18O3/c1-4-6-11-9(3,8-10)12-7-5-2/h8H,4-7H2,1-3H3. The van der Waals surface area contributed by atoms with E-state index in [1.165, 1.54) is 0 Å². The summed E-state index contributed by atoms with van der Waals surface area (Å²) in [5.74, 6) is -1.04. The van der Waals surface area contributed by atoms with Crippen molar-refractivity contribution in [2.75, 3.05) is 13.2 Å². The van der Waals surface area contributed by atoms with Crippen molar-refractivity contribution in [3.8, 4) is 0 Å². The van der Waals surface area contributed by atoms with Crippen LogP contribution in [-0.2, 0) is 14.3 Å². The summed E-state index contributed by atoms with van der Waals surface area (Å²) < 4.78 is 10.5. The van der Waals surface area contributed by atoms with Crippen molar-refractivity contribution < 1.29 is 14.3 Å². The Balaban J connectivity index is 3.78. The van der Waals surface area contributed by atoms with Crippen LogP contribution in [0, 0.1) is 0 Å². The van der Waals surface area contributed by atoms with Crippen molar-refractivity contribution in [2.24, 2.45) is 0 Å². The van der Waals surface area contributed by atoms with E-state index in [2.05, 4.69) is 0 Å². The van der Waals surface area contributed by atoms with Gasteiger partial charge in [0.25, 0.3) is 0 Å². The molecule has 0 aliphatic carbocycles. The molecule has 0 aromatic rings. The Bertz CT molecular complexity index is 115. The Morgan fingerprint density at radius 3 is 1.83 bits per heavy atom. The van der Waals surface area contributed by atoms with E-state index in [0.29, 0.717) is 19.5 Å². The second-order valence-corrected chi connectivity index (χ2v) is 2.83. The molecule has 3 heteroatoms. The lowest BCUT2D eigenvalue weighted by Crippen LogP contribution is -2.34. The molecule has 0 bridgehead atoms. The highest BCUT2D eigenvalue weighted by Crippen LogP contribution is 2.09. The first-order valence-electron chi connectivity index (χ1n) is 4.42. The van der Waals surface area contributed by atoms with E-state index >= 15 is 0 Å². The smallest absolute Gasteiger partial charge is 0.222 e. The van der Waals surface area contributed by atoms with Crippen LogP contribution in [0.3, 0.4) is 0 Å². The fourth-order valence-corrected chi connectivity index (χ4v) is 0.719. The molecule has 0 aromatic heterocycles. The van der Waals surface area contributed by atoms with Gasteiger partial charge in [-0.1, -0.05) is 13.8 Å². The fourth-order valence-electron chi connectivity index (χ4n) is 0.719. The van der Waals surface area contributed by atoms with Crippen LogP contribution in [-0.4, -0.2) is 25.3 Å². The molecule has 0 atom stereocenters. The second-order valence-electron chi connectivity index (χ2n) is 2.83. The maximum absolute atomic E-state index is 10.6. The number of aldehydes is 1. The Kier molecular flexibility index (Phi) is 5.93. The molecule has 0 fully saturated rings. The van der Waals surface area contributed by atoms with Gasteiger partial charge < -0.3 is 9.47 Å². The average Bonchev–Trinajstić information content (AvgIpc) is 2.11. The average molecular weight is 174 g/mol. The third kappa shape index (κ3) is 4.46. The van der Waals surface area contributed by atoms with Gasteiger partial charge in [-0.15, -0.1) is 0 Å². The molecule has 0 saturated heterocycles. The maximum atomic E-state index is 10.6. The zero-order valence-corrected chi connectivity index (χ0v) is 8.13. The number of carbonyl (C=O) groups is 1. The largest absolute Gasteiger partial charge is 0.344 e. The molecule has 0 unspecified atom stereocenters. The van der Waals surface area contributed by atoms with Crippen molar-refractivity contribution >= 4 is 6.29 Å². The van der Waals surface area contributed by atoms with Gasteiger partial charge in [0.05, 0.1) is 13.2 Å². The van der Waals surface area contributed by atoms with Gasteiger partial charge in [-0.2, -0.15) is 0 Å². The van der Waals surface area contributed by atoms with Crippen LogP contribution in [0.4, 0.5) is 0 Å². The van der Waals surface area contributed by atoms with Gasteiger partial charge in [-0.05, 0) is 19.8 Å². The molecular formula is C9H18O3. The van der Waals surface area contributed by atoms with Crippen LogP contribution < -0.4 is 0 Å². The number of rotatable bonds is 7. The first-order valence-corrected chi connectivity index (χ1v) is 4.42. The van der Waals surface area contributed by atoms with Crippen LogP contribution >= 0.6 is 0 Å². The summed E-state index contributed by atoms with van der Waals surface area (Å²) in [5.41, 5.74) is 0. The van der Waals surface area contributed by atoms with Gasteiger partial charge in [0, 0.05) is 0 Å². The summed E-state index contributed by atoms with van der Waals surface area (Å²) in [5, 5.41) is 0. The summed E-state index contributed by atoms with van der Waals surface area (Å²) in [7, 11) is 0. The number of hydrogen-bond acceptors (Lipinski definition) is 3. The van der Waals surface area contributed by atoms with Crippen LogP contribution in [0.25, 0.3) is 0 Å². The quantitative estimate of drug-likeness (QED) is 0.436. The van der Waals surface area contributed by atoms with Gasteiger partial charge in [-0.25, -0.2) is 0 Å². The molecule has 0 rings (SSSR count). The maximum Gasteiger partial charge on any atom is 0.222 e. The van der Waals surface area contributed by atoms with E-state index < -0.39 is 5.79 Å². The van der Waals surface area contributed by atoms with E-state index in [9.17, 15) is 4.79 Å². The van der Waals surface area contributed by atoms with Crippen molar-refractivity contribution in [3.63, 3.8) is 0 Å². The Hall–Kier alpha value is -0.410. The van der Waals surface area contributed by atoms with Gasteiger partial charge in [0.1, 0.15) is 0 Å². The van der Waals surface area contributed by atoms with E-state index in [1.807, 2.05) is 13.8 Å². The van der Waals surface area contributed by atoms with Gasteiger partial charge in [0.2, 0.25) is 5.79 Å². The highest BCUT2D eigenvalue weighted by molar-refractivity contribution is 5.59. The molecule has 0 aromatic carbocycles.